The van der Waals surface area contributed by atoms with E-state index in [4.69, 9.17) is 0 Å². The van der Waals surface area contributed by atoms with Crippen molar-refractivity contribution in [2.24, 2.45) is 0 Å². The fourth-order valence-electron chi connectivity index (χ4n) is 2.44. The van der Waals surface area contributed by atoms with E-state index >= 15 is 0 Å². The molecule has 0 radical (unpaired) electrons. The van der Waals surface area contributed by atoms with E-state index in [0.29, 0.717) is 18.7 Å². The van der Waals surface area contributed by atoms with Crippen molar-refractivity contribution < 1.29 is 14.1 Å². The van der Waals surface area contributed by atoms with Crippen LogP contribution in [0, 0.1) is 15.9 Å². The van der Waals surface area contributed by atoms with Crippen molar-refractivity contribution in [2.45, 2.75) is 12.8 Å². The van der Waals surface area contributed by atoms with E-state index in [-0.39, 0.29) is 11.6 Å². The summed E-state index contributed by atoms with van der Waals surface area (Å²) >= 11 is 0. The van der Waals surface area contributed by atoms with Gasteiger partial charge in [-0.05, 0) is 37.1 Å². The van der Waals surface area contributed by atoms with E-state index in [1.165, 1.54) is 24.3 Å². The molecule has 2 heterocycles. The lowest BCUT2D eigenvalue weighted by Gasteiger charge is -2.15. The molecular weight excluding hydrogens is 317 g/mol. The molecule has 2 aromatic rings. The second-order valence-corrected chi connectivity index (χ2v) is 5.32. The molecule has 9 heteroatoms. The van der Waals surface area contributed by atoms with Gasteiger partial charge < -0.3 is 4.90 Å². The molecule has 8 nitrogen and oxygen atoms in total. The topological polar surface area (TPSA) is 101 Å². The van der Waals surface area contributed by atoms with Gasteiger partial charge in [-0.2, -0.15) is 0 Å². The van der Waals surface area contributed by atoms with Crippen LogP contribution in [0.1, 0.15) is 12.8 Å². The first-order chi connectivity index (χ1) is 11.5. The number of carbonyl (C=O) groups excluding carboxylic acids is 1. The third kappa shape index (κ3) is 3.29. The van der Waals surface area contributed by atoms with Crippen LogP contribution in [0.3, 0.4) is 0 Å². The molecule has 3 rings (SSSR count). The van der Waals surface area contributed by atoms with Crippen LogP contribution in [0.2, 0.25) is 0 Å². The van der Waals surface area contributed by atoms with Gasteiger partial charge in [-0.25, -0.2) is 19.2 Å². The van der Waals surface area contributed by atoms with E-state index in [1.54, 1.807) is 4.90 Å². The highest BCUT2D eigenvalue weighted by molar-refractivity contribution is 5.90. The van der Waals surface area contributed by atoms with E-state index in [9.17, 15) is 19.3 Å². The summed E-state index contributed by atoms with van der Waals surface area (Å²) in [5.74, 6) is -0.424. The molecule has 1 aromatic heterocycles. The highest BCUT2D eigenvalue weighted by Crippen LogP contribution is 2.25. The monoisotopic (exact) mass is 331 g/mol. The molecule has 0 aliphatic carbocycles. The minimum atomic E-state index is -0.659. The number of nitro groups is 1. The first-order valence-electron chi connectivity index (χ1n) is 7.38. The highest BCUT2D eigenvalue weighted by Gasteiger charge is 2.24. The highest BCUT2D eigenvalue weighted by atomic mass is 19.1. The first kappa shape index (κ1) is 15.8. The summed E-state index contributed by atoms with van der Waals surface area (Å²) in [6.07, 6.45) is 2.84. The molecule has 1 saturated heterocycles. The Morgan fingerprint density at radius 1 is 1.25 bits per heavy atom. The Morgan fingerprint density at radius 2 is 1.92 bits per heavy atom. The van der Waals surface area contributed by atoms with Gasteiger partial charge in [0.2, 0.25) is 5.82 Å². The Kier molecular flexibility index (Phi) is 4.32. The maximum absolute atomic E-state index is 13.0. The van der Waals surface area contributed by atoms with Crippen molar-refractivity contribution in [1.29, 1.82) is 0 Å². The fourth-order valence-corrected chi connectivity index (χ4v) is 2.44. The van der Waals surface area contributed by atoms with Crippen molar-refractivity contribution in [3.63, 3.8) is 0 Å². The number of halogens is 1. The van der Waals surface area contributed by atoms with Crippen molar-refractivity contribution >= 4 is 17.5 Å². The molecule has 1 N–H and O–H groups in total. The van der Waals surface area contributed by atoms with Gasteiger partial charge in [-0.3, -0.25) is 15.4 Å². The summed E-state index contributed by atoms with van der Waals surface area (Å²) in [5, 5.41) is 13.6. The van der Waals surface area contributed by atoms with Gasteiger partial charge in [-0.15, -0.1) is 0 Å². The molecule has 124 valence electrons. The Balaban J connectivity index is 1.92. The minimum Gasteiger partial charge on any atom is -0.324 e. The first-order valence-corrected chi connectivity index (χ1v) is 7.38. The summed E-state index contributed by atoms with van der Waals surface area (Å²) in [6, 6.07) is 4.97. The zero-order valence-electron chi connectivity index (χ0n) is 12.6. The molecule has 1 fully saturated rings. The van der Waals surface area contributed by atoms with Crippen LogP contribution in [0.5, 0.6) is 0 Å². The lowest BCUT2D eigenvalue weighted by molar-refractivity contribution is -0.384. The number of nitrogens with one attached hydrogen (secondary N) is 1. The number of nitrogens with zero attached hydrogens (tertiary/aromatic N) is 4. The van der Waals surface area contributed by atoms with Gasteiger partial charge in [0.1, 0.15) is 12.0 Å². The molecule has 24 heavy (non-hydrogen) atoms. The standard InChI is InChI=1S/C15H14FN5O3/c16-11-5-3-10(4-6-11)13-17-9-12(21(23)24)14(18-13)19-15(22)20-7-1-2-8-20/h3-6,9H,1-2,7-8H2,(H,17,18,19,22). The van der Waals surface area contributed by atoms with Crippen molar-refractivity contribution in [3.8, 4) is 11.4 Å². The van der Waals surface area contributed by atoms with Crippen LogP contribution in [0.25, 0.3) is 11.4 Å². The summed E-state index contributed by atoms with van der Waals surface area (Å²) < 4.78 is 13.0. The SMILES string of the molecule is O=C(Nc1nc(-c2ccc(F)cc2)ncc1[N+](=O)[O-])N1CCCC1. The lowest BCUT2D eigenvalue weighted by Crippen LogP contribution is -2.32. The van der Waals surface area contributed by atoms with Crippen LogP contribution in [0.15, 0.2) is 30.5 Å². The van der Waals surface area contributed by atoms with Crippen LogP contribution in [-0.4, -0.2) is 38.9 Å². The smallest absolute Gasteiger partial charge is 0.324 e. The Bertz CT molecular complexity index is 775. The molecule has 2 amide bonds. The molecule has 0 unspecified atom stereocenters. The maximum Gasteiger partial charge on any atom is 0.330 e. The predicted molar refractivity (Wildman–Crippen MR) is 83.9 cm³/mol. The number of urea groups is 1. The average Bonchev–Trinajstić information content (AvgIpc) is 3.10. The number of rotatable bonds is 3. The van der Waals surface area contributed by atoms with Crippen LogP contribution in [0.4, 0.5) is 20.7 Å². The minimum absolute atomic E-state index is 0.164. The van der Waals surface area contributed by atoms with E-state index < -0.39 is 22.5 Å². The molecule has 0 atom stereocenters. The molecule has 0 bridgehead atoms. The Morgan fingerprint density at radius 3 is 2.54 bits per heavy atom. The number of hydrogen-bond donors (Lipinski definition) is 1. The molecule has 0 spiro atoms. The van der Waals surface area contributed by atoms with E-state index in [0.717, 1.165) is 19.0 Å². The number of carbonyl (C=O) groups is 1. The van der Waals surface area contributed by atoms with Gasteiger partial charge >= 0.3 is 11.7 Å². The Labute approximate surface area is 136 Å². The molecule has 1 aromatic carbocycles. The molecule has 0 saturated carbocycles. The molecule has 1 aliphatic heterocycles. The lowest BCUT2D eigenvalue weighted by atomic mass is 10.2. The number of benzene rings is 1. The van der Waals surface area contributed by atoms with Gasteiger partial charge in [0, 0.05) is 18.7 Å². The zero-order chi connectivity index (χ0) is 17.1. The zero-order valence-corrected chi connectivity index (χ0v) is 12.6. The van der Waals surface area contributed by atoms with Crippen LogP contribution in [-0.2, 0) is 0 Å². The van der Waals surface area contributed by atoms with Gasteiger partial charge in [0.15, 0.2) is 5.82 Å². The quantitative estimate of drug-likeness (QED) is 0.688. The largest absolute Gasteiger partial charge is 0.330 e. The van der Waals surface area contributed by atoms with Gasteiger partial charge in [0.25, 0.3) is 0 Å². The molecule has 1 aliphatic rings. The third-order valence-corrected chi connectivity index (χ3v) is 3.69. The number of amides is 2. The van der Waals surface area contributed by atoms with Crippen LogP contribution >= 0.6 is 0 Å². The normalized spacial score (nSPS) is 13.8. The Hall–Kier alpha value is -3.10. The van der Waals surface area contributed by atoms with Crippen molar-refractivity contribution in [1.82, 2.24) is 14.9 Å². The fraction of sp³-hybridized carbons (Fsp3) is 0.267. The maximum atomic E-state index is 13.0. The number of hydrogen-bond acceptors (Lipinski definition) is 5. The number of likely N-dealkylation sites (tertiary alicyclic amines) is 1. The van der Waals surface area contributed by atoms with Crippen LogP contribution < -0.4 is 5.32 Å². The van der Waals surface area contributed by atoms with Gasteiger partial charge in [0.05, 0.1) is 4.92 Å². The van der Waals surface area contributed by atoms with Crippen molar-refractivity contribution in [2.75, 3.05) is 18.4 Å². The predicted octanol–water partition coefficient (Wildman–Crippen LogP) is 2.82. The molecular formula is C15H14FN5O3. The number of anilines is 1. The second-order valence-electron chi connectivity index (χ2n) is 5.32. The van der Waals surface area contributed by atoms with E-state index in [2.05, 4.69) is 15.3 Å². The third-order valence-electron chi connectivity index (χ3n) is 3.69. The summed E-state index contributed by atoms with van der Waals surface area (Å²) in [7, 11) is 0. The summed E-state index contributed by atoms with van der Waals surface area (Å²) in [4.78, 5) is 32.2. The second kappa shape index (κ2) is 6.57. The van der Waals surface area contributed by atoms with Crippen molar-refractivity contribution in [3.05, 3.63) is 46.4 Å². The van der Waals surface area contributed by atoms with E-state index in [1.807, 2.05) is 0 Å². The number of aromatic nitrogens is 2. The summed E-state index contributed by atoms with van der Waals surface area (Å²) in [5.41, 5.74) is 0.0939. The average molecular weight is 331 g/mol. The van der Waals surface area contributed by atoms with Gasteiger partial charge in [-0.1, -0.05) is 0 Å². The summed E-state index contributed by atoms with van der Waals surface area (Å²) in [6.45, 7) is 1.21.